The summed E-state index contributed by atoms with van der Waals surface area (Å²) >= 11 is 9.58. The van der Waals surface area contributed by atoms with Gasteiger partial charge in [-0.05, 0) is 42.0 Å². The minimum Gasteiger partial charge on any atom is -0.380 e. The highest BCUT2D eigenvalue weighted by atomic mass is 79.9. The number of aromatic nitrogens is 2. The van der Waals surface area contributed by atoms with Gasteiger partial charge in [0.05, 0.1) is 16.4 Å². The zero-order chi connectivity index (χ0) is 14.7. The molecule has 1 heterocycles. The molecule has 21 heavy (non-hydrogen) atoms. The van der Waals surface area contributed by atoms with Crippen LogP contribution in [0.2, 0.25) is 5.02 Å². The van der Waals surface area contributed by atoms with Crippen LogP contribution in [0.5, 0.6) is 0 Å². The number of anilines is 1. The second-order valence-electron chi connectivity index (χ2n) is 4.59. The van der Waals surface area contributed by atoms with Crippen molar-refractivity contribution in [3.63, 3.8) is 0 Å². The second-order valence-corrected chi connectivity index (χ2v) is 5.92. The maximum absolute atomic E-state index is 6.18. The summed E-state index contributed by atoms with van der Waals surface area (Å²) in [4.78, 5) is 0. The number of nitrogens with one attached hydrogen (secondary N) is 1. The molecule has 3 aromatic rings. The lowest BCUT2D eigenvalue weighted by molar-refractivity contribution is 0.879. The Morgan fingerprint density at radius 3 is 2.62 bits per heavy atom. The standard InChI is InChI=1S/C16H13BrClN3/c17-13-4-7-16(15(18)10-13)19-11-12-2-5-14(6-3-12)21-9-1-8-20-21/h1-10,19H,11H2. The summed E-state index contributed by atoms with van der Waals surface area (Å²) in [7, 11) is 0. The fraction of sp³-hybridized carbons (Fsp3) is 0.0625. The van der Waals surface area contributed by atoms with Gasteiger partial charge in [-0.15, -0.1) is 0 Å². The molecule has 0 fully saturated rings. The van der Waals surface area contributed by atoms with Crippen molar-refractivity contribution in [1.82, 2.24) is 9.78 Å². The molecule has 0 bridgehead atoms. The van der Waals surface area contributed by atoms with E-state index in [4.69, 9.17) is 11.6 Å². The fourth-order valence-electron chi connectivity index (χ4n) is 2.02. The molecule has 0 amide bonds. The first-order valence-corrected chi connectivity index (χ1v) is 7.67. The summed E-state index contributed by atoms with van der Waals surface area (Å²) in [5.41, 5.74) is 3.16. The van der Waals surface area contributed by atoms with Crippen LogP contribution in [0.15, 0.2) is 65.4 Å². The van der Waals surface area contributed by atoms with Gasteiger partial charge in [-0.3, -0.25) is 0 Å². The molecule has 2 aromatic carbocycles. The van der Waals surface area contributed by atoms with E-state index in [0.29, 0.717) is 5.02 Å². The molecule has 0 radical (unpaired) electrons. The maximum Gasteiger partial charge on any atom is 0.0648 e. The first-order valence-electron chi connectivity index (χ1n) is 6.50. The number of nitrogens with zero attached hydrogens (tertiary/aromatic N) is 2. The lowest BCUT2D eigenvalue weighted by atomic mass is 10.2. The largest absolute Gasteiger partial charge is 0.380 e. The third-order valence-corrected chi connectivity index (χ3v) is 3.93. The predicted molar refractivity (Wildman–Crippen MR) is 90.0 cm³/mol. The zero-order valence-electron chi connectivity index (χ0n) is 11.1. The summed E-state index contributed by atoms with van der Waals surface area (Å²) in [6, 6.07) is 16.0. The fourth-order valence-corrected chi connectivity index (χ4v) is 2.76. The third-order valence-electron chi connectivity index (χ3n) is 3.12. The van der Waals surface area contributed by atoms with Gasteiger partial charge in [-0.1, -0.05) is 39.7 Å². The lowest BCUT2D eigenvalue weighted by Gasteiger charge is -2.09. The van der Waals surface area contributed by atoms with Crippen LogP contribution < -0.4 is 5.32 Å². The monoisotopic (exact) mass is 361 g/mol. The van der Waals surface area contributed by atoms with E-state index < -0.39 is 0 Å². The molecule has 0 spiro atoms. The van der Waals surface area contributed by atoms with E-state index in [9.17, 15) is 0 Å². The number of rotatable bonds is 4. The molecule has 0 aliphatic carbocycles. The second kappa shape index (κ2) is 6.33. The van der Waals surface area contributed by atoms with Gasteiger partial charge in [-0.2, -0.15) is 5.10 Å². The van der Waals surface area contributed by atoms with Gasteiger partial charge in [0, 0.05) is 23.4 Å². The van der Waals surface area contributed by atoms with E-state index in [1.54, 1.807) is 6.20 Å². The highest BCUT2D eigenvalue weighted by Gasteiger charge is 2.01. The minimum atomic E-state index is 0.706. The van der Waals surface area contributed by atoms with Crippen molar-refractivity contribution in [2.45, 2.75) is 6.54 Å². The number of halogens is 2. The summed E-state index contributed by atoms with van der Waals surface area (Å²) < 4.78 is 2.81. The van der Waals surface area contributed by atoms with E-state index in [0.717, 1.165) is 22.4 Å². The maximum atomic E-state index is 6.18. The molecule has 0 saturated carbocycles. The smallest absolute Gasteiger partial charge is 0.0648 e. The molecule has 1 N–H and O–H groups in total. The SMILES string of the molecule is Clc1cc(Br)ccc1NCc1ccc(-n2cccn2)cc1. The lowest BCUT2D eigenvalue weighted by Crippen LogP contribution is -2.01. The van der Waals surface area contributed by atoms with Crippen molar-refractivity contribution >= 4 is 33.2 Å². The van der Waals surface area contributed by atoms with Gasteiger partial charge in [0.1, 0.15) is 0 Å². The number of hydrogen-bond acceptors (Lipinski definition) is 2. The van der Waals surface area contributed by atoms with Crippen LogP contribution in [0, 0.1) is 0 Å². The topological polar surface area (TPSA) is 29.9 Å². The summed E-state index contributed by atoms with van der Waals surface area (Å²) in [5, 5.41) is 8.25. The van der Waals surface area contributed by atoms with E-state index >= 15 is 0 Å². The Hall–Kier alpha value is -1.78. The van der Waals surface area contributed by atoms with E-state index in [-0.39, 0.29) is 0 Å². The van der Waals surface area contributed by atoms with Crippen molar-refractivity contribution in [2.24, 2.45) is 0 Å². The van der Waals surface area contributed by atoms with Crippen molar-refractivity contribution in [1.29, 1.82) is 0 Å². The zero-order valence-corrected chi connectivity index (χ0v) is 13.5. The van der Waals surface area contributed by atoms with Crippen LogP contribution in [0.1, 0.15) is 5.56 Å². The minimum absolute atomic E-state index is 0.706. The van der Waals surface area contributed by atoms with Gasteiger partial charge in [0.15, 0.2) is 0 Å². The number of hydrogen-bond donors (Lipinski definition) is 1. The molecule has 1 aromatic heterocycles. The Kier molecular flexibility index (Phi) is 4.27. The third kappa shape index (κ3) is 3.46. The van der Waals surface area contributed by atoms with Crippen LogP contribution in [-0.2, 0) is 6.54 Å². The van der Waals surface area contributed by atoms with Crippen LogP contribution in [0.3, 0.4) is 0 Å². The quantitative estimate of drug-likeness (QED) is 0.715. The average Bonchev–Trinajstić information content (AvgIpc) is 3.01. The van der Waals surface area contributed by atoms with Crippen molar-refractivity contribution in [3.05, 3.63) is 76.0 Å². The molecular weight excluding hydrogens is 350 g/mol. The highest BCUT2D eigenvalue weighted by Crippen LogP contribution is 2.26. The molecule has 3 nitrogen and oxygen atoms in total. The van der Waals surface area contributed by atoms with Gasteiger partial charge >= 0.3 is 0 Å². The Labute approximate surface area is 136 Å². The van der Waals surface area contributed by atoms with Crippen molar-refractivity contribution < 1.29 is 0 Å². The van der Waals surface area contributed by atoms with E-state index in [2.05, 4.69) is 38.5 Å². The molecule has 0 unspecified atom stereocenters. The van der Waals surface area contributed by atoms with Gasteiger partial charge < -0.3 is 5.32 Å². The van der Waals surface area contributed by atoms with E-state index in [1.165, 1.54) is 5.56 Å². The Bertz CT molecular complexity index is 724. The highest BCUT2D eigenvalue weighted by molar-refractivity contribution is 9.10. The molecular formula is C16H13BrClN3. The van der Waals surface area contributed by atoms with Crippen LogP contribution in [0.4, 0.5) is 5.69 Å². The van der Waals surface area contributed by atoms with Gasteiger partial charge in [0.2, 0.25) is 0 Å². The predicted octanol–water partition coefficient (Wildman–Crippen LogP) is 4.90. The van der Waals surface area contributed by atoms with Crippen LogP contribution >= 0.6 is 27.5 Å². The normalized spacial score (nSPS) is 10.6. The Balaban J connectivity index is 1.68. The Morgan fingerprint density at radius 1 is 1.14 bits per heavy atom. The van der Waals surface area contributed by atoms with Crippen LogP contribution in [-0.4, -0.2) is 9.78 Å². The van der Waals surface area contributed by atoms with Crippen LogP contribution in [0.25, 0.3) is 5.69 Å². The average molecular weight is 363 g/mol. The molecule has 3 rings (SSSR count). The molecule has 0 aliphatic rings. The summed E-state index contributed by atoms with van der Waals surface area (Å²) in [5.74, 6) is 0. The number of benzene rings is 2. The van der Waals surface area contributed by atoms with Crippen molar-refractivity contribution in [3.8, 4) is 5.69 Å². The molecule has 0 atom stereocenters. The van der Waals surface area contributed by atoms with E-state index in [1.807, 2.05) is 47.3 Å². The first kappa shape index (κ1) is 14.2. The Morgan fingerprint density at radius 2 is 1.95 bits per heavy atom. The summed E-state index contributed by atoms with van der Waals surface area (Å²) in [6.45, 7) is 0.723. The van der Waals surface area contributed by atoms with Gasteiger partial charge in [0.25, 0.3) is 0 Å². The summed E-state index contributed by atoms with van der Waals surface area (Å²) in [6.07, 6.45) is 3.69. The molecule has 0 aliphatic heterocycles. The van der Waals surface area contributed by atoms with Crippen molar-refractivity contribution in [2.75, 3.05) is 5.32 Å². The molecule has 0 saturated heterocycles. The molecule has 106 valence electrons. The van der Waals surface area contributed by atoms with Gasteiger partial charge in [-0.25, -0.2) is 4.68 Å². The molecule has 5 heteroatoms. The first-order chi connectivity index (χ1) is 10.2.